The van der Waals surface area contributed by atoms with E-state index in [9.17, 15) is 4.79 Å². The largest absolute Gasteiger partial charge is 0.494 e. The standard InChI is InChI=1S/C11H13NO3/c1-2-5-14-8-3-4-10-9(6-8)12-11(13)7-15-10/h3-4,6H,2,5,7H2,1H3,(H,12,13). The molecule has 4 nitrogen and oxygen atoms in total. The van der Waals surface area contributed by atoms with Crippen molar-refractivity contribution in [3.05, 3.63) is 18.2 Å². The van der Waals surface area contributed by atoms with E-state index >= 15 is 0 Å². The highest BCUT2D eigenvalue weighted by molar-refractivity contribution is 5.95. The lowest BCUT2D eigenvalue weighted by molar-refractivity contribution is -0.118. The van der Waals surface area contributed by atoms with Gasteiger partial charge in [-0.25, -0.2) is 0 Å². The lowest BCUT2D eigenvalue weighted by atomic mass is 10.2. The number of carbonyl (C=O) groups is 1. The maximum atomic E-state index is 11.1. The fraction of sp³-hybridized carbons (Fsp3) is 0.364. The average molecular weight is 207 g/mol. The molecule has 1 aliphatic heterocycles. The third-order valence-electron chi connectivity index (χ3n) is 2.06. The number of anilines is 1. The molecule has 1 aromatic carbocycles. The van der Waals surface area contributed by atoms with Crippen LogP contribution >= 0.6 is 0 Å². The van der Waals surface area contributed by atoms with Crippen molar-refractivity contribution in [2.45, 2.75) is 13.3 Å². The van der Waals surface area contributed by atoms with Gasteiger partial charge in [0, 0.05) is 6.07 Å². The third kappa shape index (κ3) is 2.21. The molecule has 0 atom stereocenters. The number of benzene rings is 1. The minimum Gasteiger partial charge on any atom is -0.494 e. The van der Waals surface area contributed by atoms with Gasteiger partial charge in [-0.3, -0.25) is 4.79 Å². The number of hydrogen-bond donors (Lipinski definition) is 1. The van der Waals surface area contributed by atoms with Crippen LogP contribution in [0.5, 0.6) is 11.5 Å². The van der Waals surface area contributed by atoms with Crippen molar-refractivity contribution in [3.8, 4) is 11.5 Å². The van der Waals surface area contributed by atoms with Crippen molar-refractivity contribution >= 4 is 11.6 Å². The van der Waals surface area contributed by atoms with Crippen LogP contribution in [0, 0.1) is 0 Å². The summed E-state index contributed by atoms with van der Waals surface area (Å²) in [6.45, 7) is 2.80. The number of nitrogens with one attached hydrogen (secondary N) is 1. The third-order valence-corrected chi connectivity index (χ3v) is 2.06. The summed E-state index contributed by atoms with van der Waals surface area (Å²) in [5.74, 6) is 1.31. The van der Waals surface area contributed by atoms with Gasteiger partial charge in [-0.2, -0.15) is 0 Å². The van der Waals surface area contributed by atoms with E-state index in [1.54, 1.807) is 12.1 Å². The summed E-state index contributed by atoms with van der Waals surface area (Å²) in [6.07, 6.45) is 0.958. The molecule has 0 saturated heterocycles. The maximum Gasteiger partial charge on any atom is 0.262 e. The zero-order valence-electron chi connectivity index (χ0n) is 8.58. The number of hydrogen-bond acceptors (Lipinski definition) is 3. The van der Waals surface area contributed by atoms with Crippen LogP contribution in [0.3, 0.4) is 0 Å². The van der Waals surface area contributed by atoms with E-state index in [4.69, 9.17) is 9.47 Å². The molecule has 0 aliphatic carbocycles. The zero-order valence-corrected chi connectivity index (χ0v) is 8.58. The molecular weight excluding hydrogens is 194 g/mol. The average Bonchev–Trinajstić information content (AvgIpc) is 2.25. The van der Waals surface area contributed by atoms with Crippen LogP contribution in [-0.2, 0) is 4.79 Å². The maximum absolute atomic E-state index is 11.1. The number of amides is 1. The Balaban J connectivity index is 2.17. The Morgan fingerprint density at radius 2 is 2.40 bits per heavy atom. The lowest BCUT2D eigenvalue weighted by Gasteiger charge is -2.18. The van der Waals surface area contributed by atoms with Gasteiger partial charge in [0.15, 0.2) is 6.61 Å². The van der Waals surface area contributed by atoms with Gasteiger partial charge in [-0.05, 0) is 18.6 Å². The van der Waals surface area contributed by atoms with Gasteiger partial charge in [-0.1, -0.05) is 6.92 Å². The fourth-order valence-electron chi connectivity index (χ4n) is 1.37. The first-order chi connectivity index (χ1) is 7.29. The monoisotopic (exact) mass is 207 g/mol. The normalized spacial score (nSPS) is 13.8. The lowest BCUT2D eigenvalue weighted by Crippen LogP contribution is -2.25. The minimum absolute atomic E-state index is 0.0855. The minimum atomic E-state index is -0.129. The van der Waals surface area contributed by atoms with Crippen LogP contribution in [-0.4, -0.2) is 19.1 Å². The second-order valence-corrected chi connectivity index (χ2v) is 3.34. The van der Waals surface area contributed by atoms with Gasteiger partial charge in [0.05, 0.1) is 12.3 Å². The topological polar surface area (TPSA) is 47.6 Å². The van der Waals surface area contributed by atoms with Gasteiger partial charge >= 0.3 is 0 Å². The first-order valence-electron chi connectivity index (χ1n) is 4.99. The molecule has 0 bridgehead atoms. The molecule has 0 radical (unpaired) electrons. The van der Waals surface area contributed by atoms with E-state index in [2.05, 4.69) is 5.32 Å². The van der Waals surface area contributed by atoms with E-state index in [1.807, 2.05) is 13.0 Å². The molecule has 15 heavy (non-hydrogen) atoms. The second kappa shape index (κ2) is 4.21. The van der Waals surface area contributed by atoms with E-state index in [0.717, 1.165) is 12.2 Å². The number of ether oxygens (including phenoxy) is 2. The van der Waals surface area contributed by atoms with Gasteiger partial charge in [0.2, 0.25) is 0 Å². The predicted molar refractivity (Wildman–Crippen MR) is 56.4 cm³/mol. The molecule has 0 unspecified atom stereocenters. The summed E-state index contributed by atoms with van der Waals surface area (Å²) >= 11 is 0. The Kier molecular flexibility index (Phi) is 2.76. The summed E-state index contributed by atoms with van der Waals surface area (Å²) in [4.78, 5) is 11.1. The van der Waals surface area contributed by atoms with Crippen molar-refractivity contribution in [1.29, 1.82) is 0 Å². The van der Waals surface area contributed by atoms with Gasteiger partial charge in [0.1, 0.15) is 11.5 Å². The molecule has 2 rings (SSSR count). The number of carbonyl (C=O) groups excluding carboxylic acids is 1. The molecule has 1 aromatic rings. The van der Waals surface area contributed by atoms with Crippen LogP contribution in [0.25, 0.3) is 0 Å². The Bertz CT molecular complexity index is 376. The summed E-state index contributed by atoms with van der Waals surface area (Å²) in [5, 5.41) is 2.73. The molecule has 80 valence electrons. The molecule has 0 saturated carbocycles. The van der Waals surface area contributed by atoms with Crippen LogP contribution in [0.4, 0.5) is 5.69 Å². The van der Waals surface area contributed by atoms with Gasteiger partial charge in [-0.15, -0.1) is 0 Å². The van der Waals surface area contributed by atoms with Crippen molar-refractivity contribution < 1.29 is 14.3 Å². The highest BCUT2D eigenvalue weighted by Crippen LogP contribution is 2.31. The SMILES string of the molecule is CCCOc1ccc2c(c1)NC(=O)CO2. The Morgan fingerprint density at radius 3 is 3.20 bits per heavy atom. The van der Waals surface area contributed by atoms with Crippen molar-refractivity contribution in [2.24, 2.45) is 0 Å². The predicted octanol–water partition coefficient (Wildman–Crippen LogP) is 1.81. The Morgan fingerprint density at radius 1 is 1.53 bits per heavy atom. The van der Waals surface area contributed by atoms with Crippen LogP contribution in [0.2, 0.25) is 0 Å². The Labute approximate surface area is 88.2 Å². The molecule has 0 fully saturated rings. The Hall–Kier alpha value is -1.71. The summed E-state index contributed by atoms with van der Waals surface area (Å²) in [7, 11) is 0. The molecule has 0 aromatic heterocycles. The van der Waals surface area contributed by atoms with Gasteiger partial charge in [0.25, 0.3) is 5.91 Å². The fourth-order valence-corrected chi connectivity index (χ4v) is 1.37. The number of rotatable bonds is 3. The number of fused-ring (bicyclic) bond motifs is 1. The van der Waals surface area contributed by atoms with E-state index in [1.165, 1.54) is 0 Å². The first kappa shape index (κ1) is 9.83. The molecule has 1 N–H and O–H groups in total. The van der Waals surface area contributed by atoms with E-state index in [0.29, 0.717) is 18.0 Å². The van der Waals surface area contributed by atoms with E-state index in [-0.39, 0.29) is 12.5 Å². The molecule has 4 heteroatoms. The second-order valence-electron chi connectivity index (χ2n) is 3.34. The molecular formula is C11H13NO3. The quantitative estimate of drug-likeness (QED) is 0.822. The summed E-state index contributed by atoms with van der Waals surface area (Å²) in [6, 6.07) is 5.42. The van der Waals surface area contributed by atoms with Crippen LogP contribution < -0.4 is 14.8 Å². The van der Waals surface area contributed by atoms with Crippen molar-refractivity contribution in [1.82, 2.24) is 0 Å². The molecule has 0 spiro atoms. The smallest absolute Gasteiger partial charge is 0.262 e. The zero-order chi connectivity index (χ0) is 10.7. The highest BCUT2D eigenvalue weighted by Gasteiger charge is 2.15. The highest BCUT2D eigenvalue weighted by atomic mass is 16.5. The van der Waals surface area contributed by atoms with E-state index < -0.39 is 0 Å². The van der Waals surface area contributed by atoms with Crippen molar-refractivity contribution in [3.63, 3.8) is 0 Å². The van der Waals surface area contributed by atoms with Crippen molar-refractivity contribution in [2.75, 3.05) is 18.5 Å². The first-order valence-corrected chi connectivity index (χ1v) is 4.99. The molecule has 1 amide bonds. The molecule has 1 heterocycles. The molecule has 1 aliphatic rings. The summed E-state index contributed by atoms with van der Waals surface area (Å²) < 4.78 is 10.7. The summed E-state index contributed by atoms with van der Waals surface area (Å²) in [5.41, 5.74) is 0.680. The van der Waals surface area contributed by atoms with Crippen LogP contribution in [0.15, 0.2) is 18.2 Å². The van der Waals surface area contributed by atoms with Gasteiger partial charge < -0.3 is 14.8 Å². The van der Waals surface area contributed by atoms with Crippen LogP contribution in [0.1, 0.15) is 13.3 Å².